The normalized spacial score (nSPS) is 16.4. The molecular weight excluding hydrogens is 355 g/mol. The molecular formula is C17H19ClF3N3O. The molecule has 0 atom stereocenters. The smallest absolute Gasteiger partial charge is 0.337 e. The van der Waals surface area contributed by atoms with Crippen molar-refractivity contribution in [3.8, 4) is 0 Å². The van der Waals surface area contributed by atoms with Gasteiger partial charge in [0.05, 0.1) is 16.3 Å². The summed E-state index contributed by atoms with van der Waals surface area (Å²) in [5.74, 6) is -0.327. The SMILES string of the molecule is Cc1nc2c(Cl)cc(C(F)(F)F)cn2c1C(=O)N(C)C1CCCCC1. The summed E-state index contributed by atoms with van der Waals surface area (Å²) < 4.78 is 40.5. The summed E-state index contributed by atoms with van der Waals surface area (Å²) in [7, 11) is 1.70. The summed E-state index contributed by atoms with van der Waals surface area (Å²) in [6, 6.07) is 0.940. The van der Waals surface area contributed by atoms with E-state index in [0.717, 1.165) is 44.4 Å². The van der Waals surface area contributed by atoms with E-state index < -0.39 is 11.7 Å². The minimum Gasteiger partial charge on any atom is -0.337 e. The number of pyridine rings is 1. The van der Waals surface area contributed by atoms with Crippen LogP contribution in [-0.2, 0) is 6.18 Å². The molecule has 0 aliphatic heterocycles. The van der Waals surface area contributed by atoms with Gasteiger partial charge in [-0.3, -0.25) is 9.20 Å². The van der Waals surface area contributed by atoms with Crippen molar-refractivity contribution in [1.29, 1.82) is 0 Å². The number of alkyl halides is 3. The van der Waals surface area contributed by atoms with Crippen molar-refractivity contribution in [2.45, 2.75) is 51.2 Å². The first-order valence-electron chi connectivity index (χ1n) is 8.22. The molecule has 1 aliphatic rings. The number of imidazole rings is 1. The van der Waals surface area contributed by atoms with E-state index in [1.54, 1.807) is 18.9 Å². The van der Waals surface area contributed by atoms with E-state index in [2.05, 4.69) is 4.98 Å². The number of aromatic nitrogens is 2. The summed E-state index contributed by atoms with van der Waals surface area (Å²) in [5, 5.41) is -0.128. The van der Waals surface area contributed by atoms with Crippen molar-refractivity contribution in [3.05, 3.63) is 34.2 Å². The van der Waals surface area contributed by atoms with E-state index in [-0.39, 0.29) is 28.3 Å². The highest BCUT2D eigenvalue weighted by molar-refractivity contribution is 6.33. The first kappa shape index (κ1) is 18.0. The Labute approximate surface area is 148 Å². The molecule has 4 nitrogen and oxygen atoms in total. The van der Waals surface area contributed by atoms with E-state index in [0.29, 0.717) is 5.69 Å². The average molecular weight is 374 g/mol. The first-order chi connectivity index (χ1) is 11.7. The Balaban J connectivity index is 2.07. The molecule has 25 heavy (non-hydrogen) atoms. The van der Waals surface area contributed by atoms with Crippen molar-refractivity contribution >= 4 is 23.2 Å². The van der Waals surface area contributed by atoms with Gasteiger partial charge in [-0.15, -0.1) is 0 Å². The van der Waals surface area contributed by atoms with Gasteiger partial charge in [0, 0.05) is 19.3 Å². The van der Waals surface area contributed by atoms with Gasteiger partial charge in [-0.2, -0.15) is 13.2 Å². The molecule has 0 aromatic carbocycles. The minimum atomic E-state index is -4.55. The lowest BCUT2D eigenvalue weighted by molar-refractivity contribution is -0.137. The molecule has 0 saturated heterocycles. The Morgan fingerprint density at radius 3 is 2.56 bits per heavy atom. The molecule has 2 aromatic rings. The predicted octanol–water partition coefficient (Wildman–Crippen LogP) is 4.72. The standard InChI is InChI=1S/C17H19ClF3N3O/c1-10-14(16(25)23(2)12-6-4-3-5-7-12)24-9-11(17(19,20)21)8-13(18)15(24)22-10/h8-9,12H,3-7H2,1-2H3. The number of hydrogen-bond donors (Lipinski definition) is 0. The predicted molar refractivity (Wildman–Crippen MR) is 88.9 cm³/mol. The molecule has 0 unspecified atom stereocenters. The number of hydrogen-bond acceptors (Lipinski definition) is 2. The van der Waals surface area contributed by atoms with Crippen molar-refractivity contribution in [2.24, 2.45) is 0 Å². The van der Waals surface area contributed by atoms with Gasteiger partial charge >= 0.3 is 6.18 Å². The fourth-order valence-electron chi connectivity index (χ4n) is 3.43. The maximum absolute atomic E-state index is 13.1. The van der Waals surface area contributed by atoms with Crippen LogP contribution in [0.2, 0.25) is 5.02 Å². The highest BCUT2D eigenvalue weighted by Gasteiger charge is 2.33. The molecule has 2 heterocycles. The summed E-state index contributed by atoms with van der Waals surface area (Å²) in [5.41, 5.74) is -0.241. The molecule has 0 N–H and O–H groups in total. The highest BCUT2D eigenvalue weighted by Crippen LogP contribution is 2.33. The van der Waals surface area contributed by atoms with Gasteiger partial charge in [0.2, 0.25) is 0 Å². The van der Waals surface area contributed by atoms with Gasteiger partial charge in [-0.25, -0.2) is 4.98 Å². The number of halogens is 4. The topological polar surface area (TPSA) is 37.6 Å². The Hall–Kier alpha value is -1.76. The van der Waals surface area contributed by atoms with Crippen molar-refractivity contribution in [3.63, 3.8) is 0 Å². The van der Waals surface area contributed by atoms with Gasteiger partial charge < -0.3 is 4.90 Å². The fourth-order valence-corrected chi connectivity index (χ4v) is 3.68. The van der Waals surface area contributed by atoms with Gasteiger partial charge in [-0.05, 0) is 25.8 Å². The van der Waals surface area contributed by atoms with Crippen LogP contribution in [0.15, 0.2) is 12.3 Å². The number of nitrogens with zero attached hydrogens (tertiary/aromatic N) is 3. The van der Waals surface area contributed by atoms with Crippen LogP contribution in [0.3, 0.4) is 0 Å². The lowest BCUT2D eigenvalue weighted by atomic mass is 9.94. The maximum Gasteiger partial charge on any atom is 0.417 e. The van der Waals surface area contributed by atoms with Crippen LogP contribution < -0.4 is 0 Å². The van der Waals surface area contributed by atoms with E-state index in [9.17, 15) is 18.0 Å². The van der Waals surface area contributed by atoms with Crippen LogP contribution in [0.1, 0.15) is 53.8 Å². The molecule has 0 radical (unpaired) electrons. The number of aryl methyl sites for hydroxylation is 1. The van der Waals surface area contributed by atoms with Gasteiger partial charge in [0.1, 0.15) is 5.69 Å². The minimum absolute atomic E-state index is 0.104. The molecule has 0 bridgehead atoms. The van der Waals surface area contributed by atoms with Crippen LogP contribution in [0, 0.1) is 6.92 Å². The number of amides is 1. The Kier molecular flexibility index (Phi) is 4.70. The average Bonchev–Trinajstić information content (AvgIpc) is 2.90. The fraction of sp³-hybridized carbons (Fsp3) is 0.529. The maximum atomic E-state index is 13.1. The monoisotopic (exact) mass is 373 g/mol. The number of fused-ring (bicyclic) bond motifs is 1. The van der Waals surface area contributed by atoms with Gasteiger partial charge in [0.15, 0.2) is 5.65 Å². The van der Waals surface area contributed by atoms with E-state index in [4.69, 9.17) is 11.6 Å². The number of rotatable bonds is 2. The van der Waals surface area contributed by atoms with Crippen LogP contribution in [0.25, 0.3) is 5.65 Å². The third-order valence-electron chi connectivity index (χ3n) is 4.82. The summed E-state index contributed by atoms with van der Waals surface area (Å²) in [6.07, 6.45) is 1.42. The molecule has 8 heteroatoms. The molecule has 1 aliphatic carbocycles. The molecule has 136 valence electrons. The van der Waals surface area contributed by atoms with Crippen LogP contribution in [-0.4, -0.2) is 33.3 Å². The molecule has 1 saturated carbocycles. The van der Waals surface area contributed by atoms with E-state index >= 15 is 0 Å². The summed E-state index contributed by atoms with van der Waals surface area (Å²) in [4.78, 5) is 18.8. The highest BCUT2D eigenvalue weighted by atomic mass is 35.5. The first-order valence-corrected chi connectivity index (χ1v) is 8.60. The quantitative estimate of drug-likeness (QED) is 0.763. The van der Waals surface area contributed by atoms with Gasteiger partial charge in [-0.1, -0.05) is 30.9 Å². The van der Waals surface area contributed by atoms with Crippen LogP contribution >= 0.6 is 11.6 Å². The molecule has 1 fully saturated rings. The molecule has 0 spiro atoms. The lowest BCUT2D eigenvalue weighted by Gasteiger charge is -2.31. The Bertz CT molecular complexity index is 810. The second-order valence-electron chi connectivity index (χ2n) is 6.52. The lowest BCUT2D eigenvalue weighted by Crippen LogP contribution is -2.39. The van der Waals surface area contributed by atoms with Gasteiger partial charge in [0.25, 0.3) is 5.91 Å². The zero-order valence-electron chi connectivity index (χ0n) is 14.0. The van der Waals surface area contributed by atoms with E-state index in [1.807, 2.05) is 0 Å². The van der Waals surface area contributed by atoms with Crippen LogP contribution in [0.4, 0.5) is 13.2 Å². The van der Waals surface area contributed by atoms with Crippen molar-refractivity contribution < 1.29 is 18.0 Å². The van der Waals surface area contributed by atoms with Crippen LogP contribution in [0.5, 0.6) is 0 Å². The second-order valence-corrected chi connectivity index (χ2v) is 6.93. The number of carbonyl (C=O) groups excluding carboxylic acids is 1. The van der Waals surface area contributed by atoms with E-state index in [1.165, 1.54) is 4.40 Å². The third kappa shape index (κ3) is 3.34. The Morgan fingerprint density at radius 1 is 1.32 bits per heavy atom. The zero-order chi connectivity index (χ0) is 18.4. The third-order valence-corrected chi connectivity index (χ3v) is 5.10. The molecule has 3 rings (SSSR count). The van der Waals surface area contributed by atoms with Crippen molar-refractivity contribution in [2.75, 3.05) is 7.05 Å². The zero-order valence-corrected chi connectivity index (χ0v) is 14.8. The second kappa shape index (κ2) is 6.52. The van der Waals surface area contributed by atoms with Crippen molar-refractivity contribution in [1.82, 2.24) is 14.3 Å². The molecule has 2 aromatic heterocycles. The Morgan fingerprint density at radius 2 is 1.96 bits per heavy atom. The number of carbonyl (C=O) groups is 1. The summed E-state index contributed by atoms with van der Waals surface area (Å²) in [6.45, 7) is 1.61. The molecule has 1 amide bonds. The summed E-state index contributed by atoms with van der Waals surface area (Å²) >= 11 is 5.98. The largest absolute Gasteiger partial charge is 0.417 e.